The van der Waals surface area contributed by atoms with Crippen LogP contribution < -0.4 is 15.5 Å². The molecule has 1 heterocycles. The predicted molar refractivity (Wildman–Crippen MR) is 97.9 cm³/mol. The zero-order valence-electron chi connectivity index (χ0n) is 14.7. The maximum Gasteiger partial charge on any atom is 0.244 e. The quantitative estimate of drug-likeness (QED) is 0.584. The van der Waals surface area contributed by atoms with Crippen LogP contribution in [0.2, 0.25) is 0 Å². The third-order valence-electron chi connectivity index (χ3n) is 3.95. The molecule has 1 fully saturated rings. The minimum absolute atomic E-state index is 0.0265. The van der Waals surface area contributed by atoms with E-state index in [1.165, 1.54) is 6.08 Å². The Hall–Kier alpha value is -2.63. The van der Waals surface area contributed by atoms with E-state index in [9.17, 15) is 14.4 Å². The summed E-state index contributed by atoms with van der Waals surface area (Å²) in [6.45, 7) is 5.21. The maximum absolute atomic E-state index is 11.8. The first-order valence-corrected chi connectivity index (χ1v) is 8.61. The summed E-state index contributed by atoms with van der Waals surface area (Å²) in [5, 5.41) is 5.45. The summed E-state index contributed by atoms with van der Waals surface area (Å²) in [5.41, 5.74) is 1.78. The molecule has 3 amide bonds. The highest BCUT2D eigenvalue weighted by Gasteiger charge is 2.21. The molecule has 134 valence electrons. The van der Waals surface area contributed by atoms with Crippen LogP contribution in [-0.4, -0.2) is 37.4 Å². The normalized spacial score (nSPS) is 14.4. The molecule has 0 atom stereocenters. The molecule has 0 saturated carbocycles. The number of nitrogens with zero attached hydrogens (tertiary/aromatic N) is 1. The monoisotopic (exact) mass is 343 g/mol. The van der Waals surface area contributed by atoms with Gasteiger partial charge in [-0.25, -0.2) is 0 Å². The fourth-order valence-corrected chi connectivity index (χ4v) is 2.49. The molecule has 6 nitrogen and oxygen atoms in total. The van der Waals surface area contributed by atoms with Crippen molar-refractivity contribution in [2.75, 3.05) is 24.5 Å². The number of hydrogen-bond acceptors (Lipinski definition) is 3. The van der Waals surface area contributed by atoms with Crippen LogP contribution in [0, 0.1) is 5.92 Å². The third kappa shape index (κ3) is 5.74. The van der Waals surface area contributed by atoms with Gasteiger partial charge in [0.25, 0.3) is 0 Å². The molecule has 0 bridgehead atoms. The first kappa shape index (κ1) is 18.7. The fraction of sp³-hybridized carbons (Fsp3) is 0.421. The van der Waals surface area contributed by atoms with Gasteiger partial charge in [-0.3, -0.25) is 14.4 Å². The molecule has 2 N–H and O–H groups in total. The Balaban J connectivity index is 1.76. The summed E-state index contributed by atoms with van der Waals surface area (Å²) < 4.78 is 0. The van der Waals surface area contributed by atoms with Crippen LogP contribution in [0.1, 0.15) is 32.3 Å². The molecular formula is C19H25N3O3. The Morgan fingerprint density at radius 1 is 1.16 bits per heavy atom. The summed E-state index contributed by atoms with van der Waals surface area (Å²) in [5.74, 6) is -0.138. The van der Waals surface area contributed by atoms with Crippen LogP contribution in [-0.2, 0) is 14.4 Å². The van der Waals surface area contributed by atoms with Gasteiger partial charge in [0.2, 0.25) is 17.7 Å². The molecule has 1 aliphatic heterocycles. The largest absolute Gasteiger partial charge is 0.354 e. The molecule has 25 heavy (non-hydrogen) atoms. The summed E-state index contributed by atoms with van der Waals surface area (Å²) in [6, 6.07) is 7.55. The van der Waals surface area contributed by atoms with E-state index in [0.29, 0.717) is 19.5 Å². The summed E-state index contributed by atoms with van der Waals surface area (Å²) in [7, 11) is 0. The van der Waals surface area contributed by atoms with E-state index in [2.05, 4.69) is 10.6 Å². The second kappa shape index (κ2) is 9.01. The molecule has 1 aliphatic rings. The Labute approximate surface area is 148 Å². The van der Waals surface area contributed by atoms with Crippen molar-refractivity contribution in [3.8, 4) is 0 Å². The van der Waals surface area contributed by atoms with E-state index in [-0.39, 0.29) is 23.6 Å². The van der Waals surface area contributed by atoms with E-state index in [4.69, 9.17) is 0 Å². The Morgan fingerprint density at radius 3 is 2.44 bits per heavy atom. The highest BCUT2D eigenvalue weighted by molar-refractivity contribution is 5.95. The molecule has 0 spiro atoms. The van der Waals surface area contributed by atoms with E-state index in [1.807, 2.05) is 38.1 Å². The van der Waals surface area contributed by atoms with Crippen LogP contribution in [0.4, 0.5) is 5.69 Å². The minimum atomic E-state index is -0.211. The van der Waals surface area contributed by atoms with E-state index in [0.717, 1.165) is 24.2 Å². The van der Waals surface area contributed by atoms with Crippen LogP contribution in [0.5, 0.6) is 0 Å². The molecular weight excluding hydrogens is 318 g/mol. The maximum atomic E-state index is 11.8. The van der Waals surface area contributed by atoms with Crippen LogP contribution in [0.25, 0.3) is 6.08 Å². The highest BCUT2D eigenvalue weighted by Crippen LogP contribution is 2.21. The molecule has 0 unspecified atom stereocenters. The number of anilines is 1. The van der Waals surface area contributed by atoms with Crippen molar-refractivity contribution in [2.24, 2.45) is 5.92 Å². The van der Waals surface area contributed by atoms with Crippen molar-refractivity contribution in [3.05, 3.63) is 35.9 Å². The molecule has 1 aromatic carbocycles. The molecule has 0 radical (unpaired) electrons. The van der Waals surface area contributed by atoms with Crippen molar-refractivity contribution in [3.63, 3.8) is 0 Å². The molecule has 0 aliphatic carbocycles. The molecule has 6 heteroatoms. The average Bonchev–Trinajstić information content (AvgIpc) is 3.03. The highest BCUT2D eigenvalue weighted by atomic mass is 16.2. The lowest BCUT2D eigenvalue weighted by atomic mass is 10.2. The molecule has 2 rings (SSSR count). The predicted octanol–water partition coefficient (Wildman–Crippen LogP) is 1.71. The molecule has 0 aromatic heterocycles. The second-order valence-corrected chi connectivity index (χ2v) is 6.31. The third-order valence-corrected chi connectivity index (χ3v) is 3.95. The second-order valence-electron chi connectivity index (χ2n) is 6.31. The Kier molecular flexibility index (Phi) is 6.74. The number of carbonyl (C=O) groups is 3. The summed E-state index contributed by atoms with van der Waals surface area (Å²) in [4.78, 5) is 36.6. The number of carbonyl (C=O) groups excluding carboxylic acids is 3. The SMILES string of the molecule is CC(C)C(=O)NCCNC(=O)/C=C/c1ccc(N2CCCC2=O)cc1. The Bertz CT molecular complexity index is 650. The number of amides is 3. The first-order chi connectivity index (χ1) is 12.0. The minimum Gasteiger partial charge on any atom is -0.354 e. The zero-order valence-corrected chi connectivity index (χ0v) is 14.7. The molecule has 1 saturated heterocycles. The van der Waals surface area contributed by atoms with Gasteiger partial charge < -0.3 is 15.5 Å². The van der Waals surface area contributed by atoms with Gasteiger partial charge in [-0.15, -0.1) is 0 Å². The lowest BCUT2D eigenvalue weighted by Crippen LogP contribution is -2.35. The first-order valence-electron chi connectivity index (χ1n) is 8.61. The lowest BCUT2D eigenvalue weighted by molar-refractivity contribution is -0.124. The number of benzene rings is 1. The smallest absolute Gasteiger partial charge is 0.244 e. The van der Waals surface area contributed by atoms with Crippen LogP contribution in [0.15, 0.2) is 30.3 Å². The zero-order chi connectivity index (χ0) is 18.2. The van der Waals surface area contributed by atoms with Crippen LogP contribution >= 0.6 is 0 Å². The van der Waals surface area contributed by atoms with Gasteiger partial charge in [-0.05, 0) is 30.2 Å². The van der Waals surface area contributed by atoms with E-state index < -0.39 is 0 Å². The fourth-order valence-electron chi connectivity index (χ4n) is 2.49. The topological polar surface area (TPSA) is 78.5 Å². The van der Waals surface area contributed by atoms with Crippen molar-refractivity contribution < 1.29 is 14.4 Å². The van der Waals surface area contributed by atoms with E-state index in [1.54, 1.807) is 11.0 Å². The van der Waals surface area contributed by atoms with Gasteiger partial charge in [-0.2, -0.15) is 0 Å². The number of nitrogens with one attached hydrogen (secondary N) is 2. The molecule has 1 aromatic rings. The van der Waals surface area contributed by atoms with Gasteiger partial charge in [0.15, 0.2) is 0 Å². The van der Waals surface area contributed by atoms with Gasteiger partial charge in [0, 0.05) is 43.7 Å². The van der Waals surface area contributed by atoms with Crippen molar-refractivity contribution in [1.82, 2.24) is 10.6 Å². The summed E-state index contributed by atoms with van der Waals surface area (Å²) >= 11 is 0. The number of hydrogen-bond donors (Lipinski definition) is 2. The van der Waals surface area contributed by atoms with Gasteiger partial charge in [-0.1, -0.05) is 26.0 Å². The Morgan fingerprint density at radius 2 is 1.84 bits per heavy atom. The standard InChI is InChI=1S/C19H25N3O3/c1-14(2)19(25)21-12-11-20-17(23)10-7-15-5-8-16(9-6-15)22-13-3-4-18(22)24/h5-10,14H,3-4,11-13H2,1-2H3,(H,20,23)(H,21,25)/b10-7+. The van der Waals surface area contributed by atoms with E-state index >= 15 is 0 Å². The number of rotatable bonds is 7. The van der Waals surface area contributed by atoms with Gasteiger partial charge in [0.1, 0.15) is 0 Å². The van der Waals surface area contributed by atoms with Crippen LogP contribution in [0.3, 0.4) is 0 Å². The lowest BCUT2D eigenvalue weighted by Gasteiger charge is -2.15. The van der Waals surface area contributed by atoms with Crippen molar-refractivity contribution >= 4 is 29.5 Å². The summed E-state index contributed by atoms with van der Waals surface area (Å²) in [6.07, 6.45) is 4.69. The van der Waals surface area contributed by atoms with Crippen molar-refractivity contribution in [1.29, 1.82) is 0 Å². The van der Waals surface area contributed by atoms with Gasteiger partial charge >= 0.3 is 0 Å². The van der Waals surface area contributed by atoms with Crippen molar-refractivity contribution in [2.45, 2.75) is 26.7 Å². The average molecular weight is 343 g/mol. The van der Waals surface area contributed by atoms with Gasteiger partial charge in [0.05, 0.1) is 0 Å².